The van der Waals surface area contributed by atoms with Gasteiger partial charge >= 0.3 is 0 Å². The molecular weight excluding hydrogens is 252 g/mol. The maximum absolute atomic E-state index is 12.3. The number of carbonyl (C=O) groups excluding carboxylic acids is 1. The first-order chi connectivity index (χ1) is 9.72. The third-order valence-corrected chi connectivity index (χ3v) is 3.78. The van der Waals surface area contributed by atoms with E-state index >= 15 is 0 Å². The molecule has 4 heteroatoms. The lowest BCUT2D eigenvalue weighted by molar-refractivity contribution is -0.132. The zero-order valence-electron chi connectivity index (χ0n) is 12.5. The van der Waals surface area contributed by atoms with Gasteiger partial charge in [-0.2, -0.15) is 0 Å². The van der Waals surface area contributed by atoms with Crippen molar-refractivity contribution in [3.63, 3.8) is 0 Å². The molecule has 20 heavy (non-hydrogen) atoms. The Bertz CT molecular complexity index is 423. The molecule has 0 aromatic heterocycles. The van der Waals surface area contributed by atoms with Gasteiger partial charge in [0.05, 0.1) is 13.5 Å². The Morgan fingerprint density at radius 2 is 1.80 bits per heavy atom. The second kappa shape index (κ2) is 7.29. The summed E-state index contributed by atoms with van der Waals surface area (Å²) >= 11 is 0. The van der Waals surface area contributed by atoms with Crippen LogP contribution in [0.4, 0.5) is 0 Å². The molecule has 0 radical (unpaired) electrons. The minimum Gasteiger partial charge on any atom is -0.497 e. The van der Waals surface area contributed by atoms with E-state index in [1.54, 1.807) is 7.11 Å². The monoisotopic (exact) mass is 276 g/mol. The maximum atomic E-state index is 12.3. The average Bonchev–Trinajstić information content (AvgIpc) is 2.49. The summed E-state index contributed by atoms with van der Waals surface area (Å²) in [4.78, 5) is 16.7. The van der Waals surface area contributed by atoms with Crippen molar-refractivity contribution in [1.29, 1.82) is 0 Å². The van der Waals surface area contributed by atoms with E-state index in [4.69, 9.17) is 4.74 Å². The second-order valence-electron chi connectivity index (χ2n) is 5.25. The minimum absolute atomic E-state index is 0.228. The van der Waals surface area contributed by atoms with Crippen LogP contribution in [0.15, 0.2) is 24.3 Å². The van der Waals surface area contributed by atoms with E-state index in [0.717, 1.165) is 44.0 Å². The summed E-state index contributed by atoms with van der Waals surface area (Å²) in [6.07, 6.45) is 1.66. The highest BCUT2D eigenvalue weighted by atomic mass is 16.5. The van der Waals surface area contributed by atoms with Crippen molar-refractivity contribution < 1.29 is 9.53 Å². The van der Waals surface area contributed by atoms with Crippen LogP contribution in [-0.2, 0) is 11.2 Å². The molecule has 0 unspecified atom stereocenters. The van der Waals surface area contributed by atoms with Gasteiger partial charge in [0, 0.05) is 26.2 Å². The van der Waals surface area contributed by atoms with Crippen molar-refractivity contribution in [3.8, 4) is 5.75 Å². The number of hydrogen-bond donors (Lipinski definition) is 0. The standard InChI is InChI=1S/C16H24N2O2/c1-3-8-17-9-11-18(12-10-17)16(19)13-14-4-6-15(20-2)7-5-14/h4-7H,3,8-13H2,1-2H3. The number of benzene rings is 1. The van der Waals surface area contributed by atoms with Gasteiger partial charge in [-0.15, -0.1) is 0 Å². The summed E-state index contributed by atoms with van der Waals surface area (Å²) in [5.74, 6) is 1.06. The fraction of sp³-hybridized carbons (Fsp3) is 0.562. The Labute approximate surface area is 121 Å². The molecule has 1 fully saturated rings. The van der Waals surface area contributed by atoms with Gasteiger partial charge in [0.25, 0.3) is 0 Å². The minimum atomic E-state index is 0.228. The smallest absolute Gasteiger partial charge is 0.227 e. The van der Waals surface area contributed by atoms with Crippen LogP contribution < -0.4 is 4.74 Å². The molecule has 1 aromatic carbocycles. The predicted octanol–water partition coefficient (Wildman–Crippen LogP) is 1.79. The molecule has 1 aromatic rings. The molecule has 0 aliphatic carbocycles. The van der Waals surface area contributed by atoms with Crippen LogP contribution in [0.1, 0.15) is 18.9 Å². The number of hydrogen-bond acceptors (Lipinski definition) is 3. The number of ether oxygens (including phenoxy) is 1. The lowest BCUT2D eigenvalue weighted by Gasteiger charge is -2.34. The van der Waals surface area contributed by atoms with Crippen LogP contribution in [0.3, 0.4) is 0 Å². The first kappa shape index (κ1) is 14.9. The van der Waals surface area contributed by atoms with Gasteiger partial charge in [-0.05, 0) is 30.7 Å². The van der Waals surface area contributed by atoms with E-state index < -0.39 is 0 Å². The number of amides is 1. The molecular formula is C16H24N2O2. The van der Waals surface area contributed by atoms with Crippen LogP contribution in [0.25, 0.3) is 0 Å². The SMILES string of the molecule is CCCN1CCN(C(=O)Cc2ccc(OC)cc2)CC1. The molecule has 1 amide bonds. The van der Waals surface area contributed by atoms with E-state index in [9.17, 15) is 4.79 Å². The Balaban J connectivity index is 1.83. The number of nitrogens with zero attached hydrogens (tertiary/aromatic N) is 2. The number of rotatable bonds is 5. The van der Waals surface area contributed by atoms with Crippen LogP contribution in [-0.4, -0.2) is 55.5 Å². The maximum Gasteiger partial charge on any atom is 0.227 e. The highest BCUT2D eigenvalue weighted by Gasteiger charge is 2.20. The molecule has 2 rings (SSSR count). The third kappa shape index (κ3) is 3.97. The molecule has 0 bridgehead atoms. The molecule has 0 N–H and O–H groups in total. The lowest BCUT2D eigenvalue weighted by Crippen LogP contribution is -2.49. The van der Waals surface area contributed by atoms with Gasteiger partial charge in [0.1, 0.15) is 5.75 Å². The van der Waals surface area contributed by atoms with Crippen molar-refractivity contribution in [1.82, 2.24) is 9.80 Å². The molecule has 0 saturated carbocycles. The van der Waals surface area contributed by atoms with Crippen molar-refractivity contribution in [2.75, 3.05) is 39.8 Å². The fourth-order valence-corrected chi connectivity index (χ4v) is 2.57. The molecule has 110 valence electrons. The van der Waals surface area contributed by atoms with E-state index in [0.29, 0.717) is 6.42 Å². The summed E-state index contributed by atoms with van der Waals surface area (Å²) in [7, 11) is 1.65. The Hall–Kier alpha value is -1.55. The summed E-state index contributed by atoms with van der Waals surface area (Å²) < 4.78 is 5.12. The van der Waals surface area contributed by atoms with E-state index in [-0.39, 0.29) is 5.91 Å². The van der Waals surface area contributed by atoms with Gasteiger partial charge < -0.3 is 9.64 Å². The first-order valence-corrected chi connectivity index (χ1v) is 7.36. The van der Waals surface area contributed by atoms with Gasteiger partial charge in [0.2, 0.25) is 5.91 Å². The number of methoxy groups -OCH3 is 1. The molecule has 4 nitrogen and oxygen atoms in total. The topological polar surface area (TPSA) is 32.8 Å². The number of piperazine rings is 1. The molecule has 1 saturated heterocycles. The molecule has 1 aliphatic heterocycles. The van der Waals surface area contributed by atoms with Gasteiger partial charge in [-0.25, -0.2) is 0 Å². The zero-order chi connectivity index (χ0) is 14.4. The molecule has 1 heterocycles. The van der Waals surface area contributed by atoms with Crippen molar-refractivity contribution >= 4 is 5.91 Å². The van der Waals surface area contributed by atoms with E-state index in [1.807, 2.05) is 29.2 Å². The van der Waals surface area contributed by atoms with Gasteiger partial charge in [-0.3, -0.25) is 9.69 Å². The van der Waals surface area contributed by atoms with Crippen LogP contribution in [0, 0.1) is 0 Å². The van der Waals surface area contributed by atoms with Crippen molar-refractivity contribution in [2.24, 2.45) is 0 Å². The Morgan fingerprint density at radius 1 is 1.15 bits per heavy atom. The molecule has 0 atom stereocenters. The van der Waals surface area contributed by atoms with Gasteiger partial charge in [0.15, 0.2) is 0 Å². The highest BCUT2D eigenvalue weighted by molar-refractivity contribution is 5.78. The fourth-order valence-electron chi connectivity index (χ4n) is 2.57. The molecule has 0 spiro atoms. The van der Waals surface area contributed by atoms with Crippen LogP contribution >= 0.6 is 0 Å². The van der Waals surface area contributed by atoms with Crippen molar-refractivity contribution in [2.45, 2.75) is 19.8 Å². The van der Waals surface area contributed by atoms with Crippen LogP contribution in [0.5, 0.6) is 5.75 Å². The Morgan fingerprint density at radius 3 is 2.35 bits per heavy atom. The third-order valence-electron chi connectivity index (χ3n) is 3.78. The number of carbonyl (C=O) groups is 1. The Kier molecular flexibility index (Phi) is 5.41. The summed E-state index contributed by atoms with van der Waals surface area (Å²) in [6.45, 7) is 7.05. The summed E-state index contributed by atoms with van der Waals surface area (Å²) in [6, 6.07) is 7.73. The van der Waals surface area contributed by atoms with Crippen LogP contribution in [0.2, 0.25) is 0 Å². The lowest BCUT2D eigenvalue weighted by atomic mass is 10.1. The van der Waals surface area contributed by atoms with Crippen molar-refractivity contribution in [3.05, 3.63) is 29.8 Å². The largest absolute Gasteiger partial charge is 0.497 e. The highest BCUT2D eigenvalue weighted by Crippen LogP contribution is 2.13. The zero-order valence-corrected chi connectivity index (χ0v) is 12.5. The van der Waals surface area contributed by atoms with E-state index in [2.05, 4.69) is 11.8 Å². The quantitative estimate of drug-likeness (QED) is 0.822. The van der Waals surface area contributed by atoms with E-state index in [1.165, 1.54) is 6.42 Å². The summed E-state index contributed by atoms with van der Waals surface area (Å²) in [5, 5.41) is 0. The normalized spacial score (nSPS) is 16.2. The first-order valence-electron chi connectivity index (χ1n) is 7.36. The average molecular weight is 276 g/mol. The van der Waals surface area contributed by atoms with Gasteiger partial charge in [-0.1, -0.05) is 19.1 Å². The molecule has 1 aliphatic rings. The summed E-state index contributed by atoms with van der Waals surface area (Å²) in [5.41, 5.74) is 1.05. The second-order valence-corrected chi connectivity index (χ2v) is 5.25. The predicted molar refractivity (Wildman–Crippen MR) is 80.0 cm³/mol.